The van der Waals surface area contributed by atoms with Gasteiger partial charge in [-0.05, 0) is 36.1 Å². The number of hydrogen-bond donors (Lipinski definition) is 4. The van der Waals surface area contributed by atoms with Crippen LogP contribution in [-0.4, -0.2) is 44.0 Å². The molecule has 7 nitrogen and oxygen atoms in total. The predicted octanol–water partition coefficient (Wildman–Crippen LogP) is 3.55. The average molecular weight is 396 g/mol. The first kappa shape index (κ1) is 20.6. The second-order valence-corrected chi connectivity index (χ2v) is 7.14. The number of nitrogens with one attached hydrogen (secondary N) is 1. The molecule has 0 aliphatic rings. The maximum Gasteiger partial charge on any atom is 0.311 e. The van der Waals surface area contributed by atoms with E-state index in [0.717, 1.165) is 22.2 Å². The zero-order chi connectivity index (χ0) is 21.0. The summed E-state index contributed by atoms with van der Waals surface area (Å²) in [6.07, 6.45) is 0.217. The summed E-state index contributed by atoms with van der Waals surface area (Å²) in [4.78, 5) is 25.5. The first-order valence-corrected chi connectivity index (χ1v) is 9.38. The topological polar surface area (TPSA) is 114 Å². The van der Waals surface area contributed by atoms with Crippen molar-refractivity contribution in [2.24, 2.45) is 0 Å². The quantitative estimate of drug-likeness (QED) is 0.411. The Bertz CT molecular complexity index is 1010. The van der Waals surface area contributed by atoms with Crippen LogP contribution in [0.15, 0.2) is 48.5 Å². The molecular weight excluding hydrogens is 372 g/mol. The van der Waals surface area contributed by atoms with Gasteiger partial charge in [-0.3, -0.25) is 9.59 Å². The highest BCUT2D eigenvalue weighted by molar-refractivity contribution is 5.84. The van der Waals surface area contributed by atoms with E-state index in [1.807, 2.05) is 25.1 Å². The van der Waals surface area contributed by atoms with Gasteiger partial charge >= 0.3 is 11.9 Å². The lowest BCUT2D eigenvalue weighted by atomic mass is 9.95. The van der Waals surface area contributed by atoms with E-state index in [9.17, 15) is 19.9 Å². The number of hydrogen-bond acceptors (Lipinski definition) is 4. The third kappa shape index (κ3) is 5.01. The molecule has 0 bridgehead atoms. The Balaban J connectivity index is 1.62. The fourth-order valence-corrected chi connectivity index (χ4v) is 3.57. The smallest absolute Gasteiger partial charge is 0.311 e. The lowest BCUT2D eigenvalue weighted by molar-refractivity contribution is -0.145. The lowest BCUT2D eigenvalue weighted by Crippen LogP contribution is -2.22. The van der Waals surface area contributed by atoms with Gasteiger partial charge in [-0.2, -0.15) is 5.06 Å². The summed E-state index contributed by atoms with van der Waals surface area (Å²) >= 11 is 0. The highest BCUT2D eigenvalue weighted by Crippen LogP contribution is 2.23. The maximum absolute atomic E-state index is 11.3. The van der Waals surface area contributed by atoms with E-state index < -0.39 is 24.3 Å². The molecule has 29 heavy (non-hydrogen) atoms. The minimum absolute atomic E-state index is 0.290. The summed E-state index contributed by atoms with van der Waals surface area (Å²) in [5.41, 5.74) is 4.58. The van der Waals surface area contributed by atoms with Crippen molar-refractivity contribution in [3.63, 3.8) is 0 Å². The molecule has 0 saturated heterocycles. The van der Waals surface area contributed by atoms with Gasteiger partial charge in [-0.25, -0.2) is 0 Å². The van der Waals surface area contributed by atoms with E-state index in [4.69, 9.17) is 5.11 Å². The zero-order valence-electron chi connectivity index (χ0n) is 16.1. The van der Waals surface area contributed by atoms with Crippen molar-refractivity contribution < 1.29 is 25.0 Å². The average Bonchev–Trinajstić information content (AvgIpc) is 3.00. The van der Waals surface area contributed by atoms with Crippen molar-refractivity contribution in [3.05, 3.63) is 70.9 Å². The highest BCUT2D eigenvalue weighted by Gasteiger charge is 2.23. The number of aryl methyl sites for hydroxylation is 1. The van der Waals surface area contributed by atoms with Crippen molar-refractivity contribution in [2.75, 3.05) is 6.54 Å². The fraction of sp³-hybridized carbons (Fsp3) is 0.273. The second-order valence-electron chi connectivity index (χ2n) is 7.14. The minimum atomic E-state index is -1.17. The van der Waals surface area contributed by atoms with E-state index in [1.54, 1.807) is 24.3 Å². The first-order chi connectivity index (χ1) is 13.8. The number of carboxylic acids is 2. The number of carboxylic acid groups (broad SMARTS) is 2. The number of aliphatic carboxylic acids is 2. The van der Waals surface area contributed by atoms with Gasteiger partial charge in [0.1, 0.15) is 0 Å². The van der Waals surface area contributed by atoms with Crippen LogP contribution in [-0.2, 0) is 22.6 Å². The molecule has 0 amide bonds. The van der Waals surface area contributed by atoms with Crippen LogP contribution < -0.4 is 0 Å². The molecular formula is C22H24N2O5. The van der Waals surface area contributed by atoms with E-state index >= 15 is 0 Å². The van der Waals surface area contributed by atoms with Crippen molar-refractivity contribution >= 4 is 22.8 Å². The minimum Gasteiger partial charge on any atom is -0.481 e. The Labute approximate surface area is 168 Å². The molecule has 0 saturated carbocycles. The molecule has 1 atom stereocenters. The lowest BCUT2D eigenvalue weighted by Gasteiger charge is -2.16. The number of nitrogens with zero attached hydrogens (tertiary/aromatic N) is 1. The van der Waals surface area contributed by atoms with Gasteiger partial charge in [0.05, 0.1) is 12.3 Å². The number of rotatable bonds is 9. The van der Waals surface area contributed by atoms with Crippen molar-refractivity contribution in [1.29, 1.82) is 0 Å². The third-order valence-electron chi connectivity index (χ3n) is 5.07. The highest BCUT2D eigenvalue weighted by atomic mass is 16.5. The van der Waals surface area contributed by atoms with Crippen LogP contribution >= 0.6 is 0 Å². The number of hydroxylamine groups is 2. The molecule has 152 valence electrons. The third-order valence-corrected chi connectivity index (χ3v) is 5.07. The Kier molecular flexibility index (Phi) is 6.31. The van der Waals surface area contributed by atoms with Gasteiger partial charge in [0.15, 0.2) is 0 Å². The van der Waals surface area contributed by atoms with E-state index in [-0.39, 0.29) is 0 Å². The molecule has 1 heterocycles. The largest absolute Gasteiger partial charge is 0.481 e. The van der Waals surface area contributed by atoms with Crippen LogP contribution in [0.4, 0.5) is 0 Å². The fourth-order valence-electron chi connectivity index (χ4n) is 3.57. The molecule has 1 aromatic heterocycles. The van der Waals surface area contributed by atoms with Crippen molar-refractivity contribution in [1.82, 2.24) is 10.0 Å². The van der Waals surface area contributed by atoms with Crippen molar-refractivity contribution in [2.45, 2.75) is 32.2 Å². The van der Waals surface area contributed by atoms with Gasteiger partial charge < -0.3 is 20.4 Å². The van der Waals surface area contributed by atoms with Crippen molar-refractivity contribution in [3.8, 4) is 0 Å². The van der Waals surface area contributed by atoms with Gasteiger partial charge in [-0.1, -0.05) is 42.5 Å². The van der Waals surface area contributed by atoms with Gasteiger partial charge in [0.2, 0.25) is 0 Å². The number of benzene rings is 2. The second kappa shape index (κ2) is 8.89. The Morgan fingerprint density at radius 3 is 2.41 bits per heavy atom. The Morgan fingerprint density at radius 1 is 1.07 bits per heavy atom. The molecule has 3 aromatic rings. The number of fused-ring (bicyclic) bond motifs is 1. The normalized spacial score (nSPS) is 12.4. The van der Waals surface area contributed by atoms with E-state index in [0.29, 0.717) is 25.1 Å². The van der Waals surface area contributed by atoms with E-state index in [2.05, 4.69) is 11.1 Å². The number of carbonyl (C=O) groups is 2. The summed E-state index contributed by atoms with van der Waals surface area (Å²) in [7, 11) is 0. The molecule has 0 fully saturated rings. The Hall–Kier alpha value is -3.16. The number of aromatic amines is 1. The Morgan fingerprint density at radius 2 is 1.76 bits per heavy atom. The first-order valence-electron chi connectivity index (χ1n) is 9.38. The van der Waals surface area contributed by atoms with Crippen LogP contribution in [0.2, 0.25) is 0 Å². The predicted molar refractivity (Wildman–Crippen MR) is 108 cm³/mol. The summed E-state index contributed by atoms with van der Waals surface area (Å²) in [6.45, 7) is 2.76. The van der Waals surface area contributed by atoms with Gasteiger partial charge in [-0.15, -0.1) is 0 Å². The van der Waals surface area contributed by atoms with E-state index in [1.165, 1.54) is 10.6 Å². The number of aromatic nitrogens is 1. The van der Waals surface area contributed by atoms with Crippen LogP contribution in [0.25, 0.3) is 10.9 Å². The SMILES string of the molecule is Cc1[nH]c2ccccc2c1CCN(O)Cc1ccc(C(CC(=O)O)C(=O)O)cc1. The summed E-state index contributed by atoms with van der Waals surface area (Å²) in [6, 6.07) is 14.7. The van der Waals surface area contributed by atoms with Crippen LogP contribution in [0.3, 0.4) is 0 Å². The number of para-hydroxylation sites is 1. The molecule has 1 unspecified atom stereocenters. The van der Waals surface area contributed by atoms with Crippen LogP contribution in [0.1, 0.15) is 34.7 Å². The standard InChI is InChI=1S/C22H24N2O5/c1-14-17(18-4-2-3-5-20(18)23-14)10-11-24(29)13-15-6-8-16(9-7-15)19(22(27)28)12-21(25)26/h2-9,19,23,29H,10-13H2,1H3,(H,25,26)(H,27,28). The monoisotopic (exact) mass is 396 g/mol. The zero-order valence-corrected chi connectivity index (χ0v) is 16.1. The summed E-state index contributed by atoms with van der Waals surface area (Å²) < 4.78 is 0. The molecule has 2 aromatic carbocycles. The molecule has 7 heteroatoms. The maximum atomic E-state index is 11.3. The number of H-pyrrole nitrogens is 1. The summed E-state index contributed by atoms with van der Waals surface area (Å²) in [5.74, 6) is -3.41. The molecule has 0 radical (unpaired) electrons. The molecule has 3 rings (SSSR count). The summed E-state index contributed by atoms with van der Waals surface area (Å²) in [5, 5.41) is 30.8. The van der Waals surface area contributed by atoms with Gasteiger partial charge in [0.25, 0.3) is 0 Å². The molecule has 0 aliphatic heterocycles. The molecule has 4 N–H and O–H groups in total. The van der Waals surface area contributed by atoms with Crippen LogP contribution in [0.5, 0.6) is 0 Å². The van der Waals surface area contributed by atoms with Gasteiger partial charge in [0, 0.05) is 29.7 Å². The molecule has 0 aliphatic carbocycles. The molecule has 0 spiro atoms. The van der Waals surface area contributed by atoms with Crippen LogP contribution in [0, 0.1) is 6.92 Å².